The molecule has 1 atom stereocenters. The summed E-state index contributed by atoms with van der Waals surface area (Å²) < 4.78 is 6.18. The number of hydrogen-bond acceptors (Lipinski definition) is 5. The monoisotopic (exact) mass is 304 g/mol. The Morgan fingerprint density at radius 1 is 1.38 bits per heavy atom. The van der Waals surface area contributed by atoms with E-state index in [-0.39, 0.29) is 11.9 Å². The molecule has 2 aromatic rings. The highest BCUT2D eigenvalue weighted by molar-refractivity contribution is 7.20. The van der Waals surface area contributed by atoms with Gasteiger partial charge >= 0.3 is 5.97 Å². The summed E-state index contributed by atoms with van der Waals surface area (Å²) in [4.78, 5) is 24.3. The molecule has 1 fully saturated rings. The van der Waals surface area contributed by atoms with Gasteiger partial charge in [-0.3, -0.25) is 4.79 Å². The standard InChI is InChI=1S/C15H16N2O3S/c1-8(14(18)17-11-3-4-11)20-15(19)13-7-9-6-10(16)2-5-12(9)21-13/h2,5-8,11H,3-4,16H2,1H3,(H,17,18). The first kappa shape index (κ1) is 13.9. The number of fused-ring (bicyclic) bond motifs is 1. The maximum Gasteiger partial charge on any atom is 0.349 e. The van der Waals surface area contributed by atoms with Gasteiger partial charge in [0.15, 0.2) is 6.10 Å². The predicted molar refractivity (Wildman–Crippen MR) is 82.3 cm³/mol. The summed E-state index contributed by atoms with van der Waals surface area (Å²) >= 11 is 1.33. The smallest absolute Gasteiger partial charge is 0.349 e. The van der Waals surface area contributed by atoms with Gasteiger partial charge in [0.2, 0.25) is 0 Å². The number of rotatable bonds is 4. The van der Waals surface area contributed by atoms with Crippen LogP contribution in [0.1, 0.15) is 29.4 Å². The van der Waals surface area contributed by atoms with Crippen LogP contribution >= 0.6 is 11.3 Å². The largest absolute Gasteiger partial charge is 0.448 e. The van der Waals surface area contributed by atoms with Crippen molar-refractivity contribution in [3.63, 3.8) is 0 Å². The number of carbonyl (C=O) groups is 2. The third-order valence-electron chi connectivity index (χ3n) is 3.32. The lowest BCUT2D eigenvalue weighted by Crippen LogP contribution is -2.36. The van der Waals surface area contributed by atoms with Gasteiger partial charge in [0.1, 0.15) is 4.88 Å². The summed E-state index contributed by atoms with van der Waals surface area (Å²) in [5.74, 6) is -0.718. The lowest BCUT2D eigenvalue weighted by atomic mass is 10.2. The zero-order valence-corrected chi connectivity index (χ0v) is 12.4. The van der Waals surface area contributed by atoms with Gasteiger partial charge in [0, 0.05) is 16.4 Å². The molecule has 0 saturated heterocycles. The maximum atomic E-state index is 12.1. The van der Waals surface area contributed by atoms with E-state index in [4.69, 9.17) is 10.5 Å². The molecule has 3 rings (SSSR count). The zero-order valence-electron chi connectivity index (χ0n) is 11.6. The Kier molecular flexibility index (Phi) is 3.55. The summed E-state index contributed by atoms with van der Waals surface area (Å²) in [6, 6.07) is 7.47. The Morgan fingerprint density at radius 2 is 2.14 bits per heavy atom. The average Bonchev–Trinajstić information content (AvgIpc) is 3.14. The van der Waals surface area contributed by atoms with Gasteiger partial charge in [-0.05, 0) is 49.4 Å². The lowest BCUT2D eigenvalue weighted by Gasteiger charge is -2.12. The van der Waals surface area contributed by atoms with E-state index >= 15 is 0 Å². The van der Waals surface area contributed by atoms with Crippen molar-refractivity contribution in [3.8, 4) is 0 Å². The van der Waals surface area contributed by atoms with Gasteiger partial charge in [-0.1, -0.05) is 0 Å². The number of nitrogen functional groups attached to an aromatic ring is 1. The van der Waals surface area contributed by atoms with Gasteiger partial charge in [0.05, 0.1) is 0 Å². The zero-order chi connectivity index (χ0) is 15.0. The van der Waals surface area contributed by atoms with Crippen LogP contribution in [0.5, 0.6) is 0 Å². The number of amides is 1. The quantitative estimate of drug-likeness (QED) is 0.671. The second-order valence-electron chi connectivity index (χ2n) is 5.24. The van der Waals surface area contributed by atoms with Gasteiger partial charge in [-0.15, -0.1) is 11.3 Å². The summed E-state index contributed by atoms with van der Waals surface area (Å²) in [6.07, 6.45) is 1.22. The molecule has 1 heterocycles. The molecule has 0 bridgehead atoms. The lowest BCUT2D eigenvalue weighted by molar-refractivity contribution is -0.129. The highest BCUT2D eigenvalue weighted by Gasteiger charge is 2.27. The van der Waals surface area contributed by atoms with Crippen LogP contribution in [0.25, 0.3) is 10.1 Å². The van der Waals surface area contributed by atoms with Gasteiger partial charge in [-0.2, -0.15) is 0 Å². The summed E-state index contributed by atoms with van der Waals surface area (Å²) in [7, 11) is 0. The van der Waals surface area contributed by atoms with Crippen LogP contribution in [-0.4, -0.2) is 24.0 Å². The molecule has 110 valence electrons. The Bertz CT molecular complexity index is 706. The summed E-state index contributed by atoms with van der Waals surface area (Å²) in [5, 5.41) is 3.72. The fourth-order valence-electron chi connectivity index (χ4n) is 1.98. The molecule has 1 unspecified atom stereocenters. The van der Waals surface area contributed by atoms with Crippen molar-refractivity contribution in [3.05, 3.63) is 29.1 Å². The Labute approximate surface area is 126 Å². The van der Waals surface area contributed by atoms with Crippen LogP contribution in [0.4, 0.5) is 5.69 Å². The van der Waals surface area contributed by atoms with Crippen molar-refractivity contribution >= 4 is 39.0 Å². The van der Waals surface area contributed by atoms with E-state index in [1.165, 1.54) is 11.3 Å². The van der Waals surface area contributed by atoms with Crippen LogP contribution in [0.3, 0.4) is 0 Å². The van der Waals surface area contributed by atoms with Crippen LogP contribution < -0.4 is 11.1 Å². The van der Waals surface area contributed by atoms with E-state index in [9.17, 15) is 9.59 Å². The molecule has 0 radical (unpaired) electrons. The topological polar surface area (TPSA) is 81.4 Å². The molecule has 0 aliphatic heterocycles. The van der Waals surface area contributed by atoms with Crippen molar-refractivity contribution in [2.24, 2.45) is 0 Å². The number of hydrogen-bond donors (Lipinski definition) is 2. The number of benzene rings is 1. The van der Waals surface area contributed by atoms with Crippen molar-refractivity contribution in [2.75, 3.05) is 5.73 Å². The number of nitrogens with two attached hydrogens (primary N) is 1. The molecular formula is C15H16N2O3S. The highest BCUT2D eigenvalue weighted by atomic mass is 32.1. The minimum atomic E-state index is -0.784. The molecule has 1 aliphatic rings. The van der Waals surface area contributed by atoms with E-state index in [0.717, 1.165) is 22.9 Å². The number of carbonyl (C=O) groups excluding carboxylic acids is 2. The first-order valence-corrected chi connectivity index (χ1v) is 7.65. The first-order chi connectivity index (χ1) is 10.0. The predicted octanol–water partition coefficient (Wildman–Crippen LogP) is 2.31. The van der Waals surface area contributed by atoms with E-state index in [1.54, 1.807) is 19.1 Å². The third-order valence-corrected chi connectivity index (χ3v) is 4.41. The molecule has 6 heteroatoms. The molecule has 1 saturated carbocycles. The minimum Gasteiger partial charge on any atom is -0.448 e. The molecule has 1 amide bonds. The van der Waals surface area contributed by atoms with Gasteiger partial charge < -0.3 is 15.8 Å². The Hall–Kier alpha value is -2.08. The van der Waals surface area contributed by atoms with Crippen molar-refractivity contribution in [1.29, 1.82) is 0 Å². The van der Waals surface area contributed by atoms with Crippen molar-refractivity contribution < 1.29 is 14.3 Å². The molecule has 1 aromatic heterocycles. The second-order valence-corrected chi connectivity index (χ2v) is 6.32. The van der Waals surface area contributed by atoms with Crippen LogP contribution in [0.15, 0.2) is 24.3 Å². The second kappa shape index (κ2) is 5.37. The van der Waals surface area contributed by atoms with Crippen molar-refractivity contribution in [2.45, 2.75) is 31.9 Å². The summed E-state index contributed by atoms with van der Waals surface area (Å²) in [5.41, 5.74) is 6.37. The molecule has 1 aromatic carbocycles. The van der Waals surface area contributed by atoms with E-state index in [0.29, 0.717) is 10.6 Å². The number of anilines is 1. The molecule has 1 aliphatic carbocycles. The third kappa shape index (κ3) is 3.16. The van der Waals surface area contributed by atoms with Crippen molar-refractivity contribution in [1.82, 2.24) is 5.32 Å². The molecule has 0 spiro atoms. The maximum absolute atomic E-state index is 12.1. The average molecular weight is 304 g/mol. The van der Waals surface area contributed by atoms with Crippen LogP contribution in [-0.2, 0) is 9.53 Å². The number of ether oxygens (including phenoxy) is 1. The fraction of sp³-hybridized carbons (Fsp3) is 0.333. The van der Waals surface area contributed by atoms with E-state index < -0.39 is 12.1 Å². The molecule has 21 heavy (non-hydrogen) atoms. The van der Waals surface area contributed by atoms with Crippen LogP contribution in [0.2, 0.25) is 0 Å². The molecule has 5 nitrogen and oxygen atoms in total. The number of thiophene rings is 1. The van der Waals surface area contributed by atoms with Gasteiger partial charge in [-0.25, -0.2) is 4.79 Å². The molecular weight excluding hydrogens is 288 g/mol. The SMILES string of the molecule is CC(OC(=O)c1cc2cc(N)ccc2s1)C(=O)NC1CC1. The minimum absolute atomic E-state index is 0.240. The normalized spacial score (nSPS) is 15.7. The first-order valence-electron chi connectivity index (χ1n) is 6.83. The number of esters is 1. The number of nitrogens with one attached hydrogen (secondary N) is 1. The van der Waals surface area contributed by atoms with E-state index in [1.807, 2.05) is 12.1 Å². The highest BCUT2D eigenvalue weighted by Crippen LogP contribution is 2.28. The summed E-state index contributed by atoms with van der Waals surface area (Å²) in [6.45, 7) is 1.58. The van der Waals surface area contributed by atoms with Gasteiger partial charge in [0.25, 0.3) is 5.91 Å². The van der Waals surface area contributed by atoms with E-state index in [2.05, 4.69) is 5.32 Å². The Balaban J connectivity index is 1.69. The van der Waals surface area contributed by atoms with Crippen LogP contribution in [0, 0.1) is 0 Å². The molecule has 3 N–H and O–H groups in total. The Morgan fingerprint density at radius 3 is 2.86 bits per heavy atom. The fourth-order valence-corrected chi connectivity index (χ4v) is 2.91.